The van der Waals surface area contributed by atoms with Crippen molar-refractivity contribution in [2.24, 2.45) is 0 Å². The smallest absolute Gasteiger partial charge is 0.170 e. The Morgan fingerprint density at radius 1 is 1.04 bits per heavy atom. The topological polar surface area (TPSA) is 36.5 Å². The van der Waals surface area contributed by atoms with Crippen molar-refractivity contribution in [3.05, 3.63) is 60.2 Å². The van der Waals surface area contributed by atoms with E-state index in [1.807, 2.05) is 42.5 Å². The van der Waals surface area contributed by atoms with Crippen molar-refractivity contribution >= 4 is 23.0 Å². The number of nitrogens with one attached hydrogen (secondary N) is 2. The van der Waals surface area contributed by atoms with Crippen LogP contribution in [0.4, 0.5) is 5.69 Å². The summed E-state index contributed by atoms with van der Waals surface area (Å²) < 4.78 is 5.77. The number of ether oxygens (including phenoxy) is 1. The summed E-state index contributed by atoms with van der Waals surface area (Å²) in [5.74, 6) is 0.842. The Balaban J connectivity index is 1.72. The molecule has 2 N–H and O–H groups in total. The molecule has 0 aliphatic carbocycles. The quantitative estimate of drug-likeness (QED) is 0.567. The molecule has 0 saturated carbocycles. The normalized spacial score (nSPS) is 10.5. The van der Waals surface area contributed by atoms with Crippen molar-refractivity contribution in [2.45, 2.75) is 13.0 Å². The number of anilines is 1. The van der Waals surface area contributed by atoms with Gasteiger partial charge in [0.25, 0.3) is 0 Å². The first kappa shape index (κ1) is 18.2. The van der Waals surface area contributed by atoms with E-state index < -0.39 is 0 Å². The molecule has 4 nitrogen and oxygen atoms in total. The highest BCUT2D eigenvalue weighted by Crippen LogP contribution is 2.17. The number of nitrogens with zero attached hydrogens (tertiary/aromatic N) is 1. The summed E-state index contributed by atoms with van der Waals surface area (Å²) in [4.78, 5) is 2.16. The second kappa shape index (κ2) is 9.90. The van der Waals surface area contributed by atoms with Crippen LogP contribution in [0.25, 0.3) is 0 Å². The molecule has 2 rings (SSSR count). The molecule has 0 unspecified atom stereocenters. The second-order valence-corrected chi connectivity index (χ2v) is 6.24. The van der Waals surface area contributed by atoms with Crippen LogP contribution in [0, 0.1) is 0 Å². The highest BCUT2D eigenvalue weighted by molar-refractivity contribution is 7.80. The third-order valence-electron chi connectivity index (χ3n) is 3.43. The number of hydrogen-bond donors (Lipinski definition) is 2. The number of thiocarbonyl (C=S) groups is 1. The summed E-state index contributed by atoms with van der Waals surface area (Å²) in [5.41, 5.74) is 2.11. The van der Waals surface area contributed by atoms with Gasteiger partial charge >= 0.3 is 0 Å². The lowest BCUT2D eigenvalue weighted by atomic mass is 10.2. The van der Waals surface area contributed by atoms with E-state index in [9.17, 15) is 0 Å². The standard InChI is InChI=1S/C19H25N3OS/c1-22(2)14-6-13-20-19(24)21-17-9-11-18(12-10-17)23-15-16-7-4-3-5-8-16/h3-5,7-12H,6,13-15H2,1-2H3,(H2,20,21,24). The first-order valence-corrected chi connectivity index (χ1v) is 8.50. The van der Waals surface area contributed by atoms with Crippen molar-refractivity contribution in [2.75, 3.05) is 32.5 Å². The predicted octanol–water partition coefficient (Wildman–Crippen LogP) is 3.50. The zero-order chi connectivity index (χ0) is 17.2. The first-order valence-electron chi connectivity index (χ1n) is 8.10. The second-order valence-electron chi connectivity index (χ2n) is 5.84. The van der Waals surface area contributed by atoms with Crippen LogP contribution in [0.2, 0.25) is 0 Å². The molecular weight excluding hydrogens is 318 g/mol. The van der Waals surface area contributed by atoms with Crippen LogP contribution in [0.15, 0.2) is 54.6 Å². The molecule has 2 aromatic rings. The van der Waals surface area contributed by atoms with Crippen LogP contribution >= 0.6 is 12.2 Å². The van der Waals surface area contributed by atoms with Crippen molar-refractivity contribution in [3.63, 3.8) is 0 Å². The molecule has 2 aromatic carbocycles. The Morgan fingerprint density at radius 2 is 1.75 bits per heavy atom. The van der Waals surface area contributed by atoms with E-state index in [1.54, 1.807) is 0 Å². The zero-order valence-corrected chi connectivity index (χ0v) is 15.1. The van der Waals surface area contributed by atoms with Gasteiger partial charge in [0.15, 0.2) is 5.11 Å². The Morgan fingerprint density at radius 3 is 2.42 bits per heavy atom. The summed E-state index contributed by atoms with van der Waals surface area (Å²) in [7, 11) is 4.13. The lowest BCUT2D eigenvalue weighted by Gasteiger charge is -2.13. The molecule has 0 bridgehead atoms. The third-order valence-corrected chi connectivity index (χ3v) is 3.67. The molecule has 0 spiro atoms. The predicted molar refractivity (Wildman–Crippen MR) is 105 cm³/mol. The van der Waals surface area contributed by atoms with Crippen molar-refractivity contribution in [3.8, 4) is 5.75 Å². The number of rotatable bonds is 8. The molecular formula is C19H25N3OS. The van der Waals surface area contributed by atoms with Gasteiger partial charge in [0, 0.05) is 12.2 Å². The summed E-state index contributed by atoms with van der Waals surface area (Å²) in [6.07, 6.45) is 1.06. The summed E-state index contributed by atoms with van der Waals surface area (Å²) in [6, 6.07) is 18.0. The maximum Gasteiger partial charge on any atom is 0.170 e. The molecule has 0 aliphatic rings. The van der Waals surface area contributed by atoms with Gasteiger partial charge in [0.05, 0.1) is 0 Å². The Kier molecular flexibility index (Phi) is 7.52. The highest BCUT2D eigenvalue weighted by atomic mass is 32.1. The van der Waals surface area contributed by atoms with Crippen molar-refractivity contribution in [1.82, 2.24) is 10.2 Å². The fourth-order valence-corrected chi connectivity index (χ4v) is 2.37. The van der Waals surface area contributed by atoms with Crippen LogP contribution in [0.5, 0.6) is 5.75 Å². The molecule has 0 atom stereocenters. The zero-order valence-electron chi connectivity index (χ0n) is 14.3. The number of hydrogen-bond acceptors (Lipinski definition) is 3. The Bertz CT molecular complexity index is 614. The summed E-state index contributed by atoms with van der Waals surface area (Å²) >= 11 is 5.30. The van der Waals surface area contributed by atoms with E-state index in [-0.39, 0.29) is 0 Å². The minimum Gasteiger partial charge on any atom is -0.489 e. The Hall–Kier alpha value is -2.11. The van der Waals surface area contributed by atoms with E-state index in [1.165, 1.54) is 0 Å². The molecule has 5 heteroatoms. The van der Waals surface area contributed by atoms with Gasteiger partial charge in [-0.05, 0) is 69.1 Å². The number of benzene rings is 2. The van der Waals surface area contributed by atoms with E-state index in [0.717, 1.165) is 36.5 Å². The van der Waals surface area contributed by atoms with Crippen LogP contribution in [-0.4, -0.2) is 37.2 Å². The molecule has 0 heterocycles. The third kappa shape index (κ3) is 6.98. The maximum absolute atomic E-state index is 5.77. The van der Waals surface area contributed by atoms with Gasteiger partial charge in [-0.1, -0.05) is 30.3 Å². The van der Waals surface area contributed by atoms with Crippen LogP contribution in [-0.2, 0) is 6.61 Å². The minimum atomic E-state index is 0.569. The fraction of sp³-hybridized carbons (Fsp3) is 0.316. The van der Waals surface area contributed by atoms with E-state index in [4.69, 9.17) is 17.0 Å². The van der Waals surface area contributed by atoms with Gasteiger partial charge in [-0.25, -0.2) is 0 Å². The minimum absolute atomic E-state index is 0.569. The van der Waals surface area contributed by atoms with Gasteiger partial charge in [0.1, 0.15) is 12.4 Å². The largest absolute Gasteiger partial charge is 0.489 e. The van der Waals surface area contributed by atoms with Gasteiger partial charge in [0.2, 0.25) is 0 Å². The van der Waals surface area contributed by atoms with E-state index in [0.29, 0.717) is 11.7 Å². The monoisotopic (exact) mass is 343 g/mol. The van der Waals surface area contributed by atoms with Crippen molar-refractivity contribution in [1.29, 1.82) is 0 Å². The van der Waals surface area contributed by atoms with Crippen LogP contribution in [0.1, 0.15) is 12.0 Å². The maximum atomic E-state index is 5.77. The molecule has 0 radical (unpaired) electrons. The van der Waals surface area contributed by atoms with Crippen LogP contribution in [0.3, 0.4) is 0 Å². The van der Waals surface area contributed by atoms with Gasteiger partial charge < -0.3 is 20.3 Å². The highest BCUT2D eigenvalue weighted by Gasteiger charge is 2.00. The molecule has 0 fully saturated rings. The van der Waals surface area contributed by atoms with E-state index >= 15 is 0 Å². The van der Waals surface area contributed by atoms with Crippen LogP contribution < -0.4 is 15.4 Å². The summed E-state index contributed by atoms with van der Waals surface area (Å²) in [6.45, 7) is 2.48. The van der Waals surface area contributed by atoms with Gasteiger partial charge in [-0.15, -0.1) is 0 Å². The average molecular weight is 343 g/mol. The summed E-state index contributed by atoms with van der Waals surface area (Å²) in [5, 5.41) is 7.04. The Labute approximate surface area is 149 Å². The van der Waals surface area contributed by atoms with Gasteiger partial charge in [-0.3, -0.25) is 0 Å². The molecule has 0 saturated heterocycles. The molecule has 0 aliphatic heterocycles. The first-order chi connectivity index (χ1) is 11.6. The lowest BCUT2D eigenvalue weighted by molar-refractivity contribution is 0.306. The average Bonchev–Trinajstić information content (AvgIpc) is 2.59. The fourth-order valence-electron chi connectivity index (χ4n) is 2.15. The van der Waals surface area contributed by atoms with E-state index in [2.05, 4.69) is 41.8 Å². The lowest BCUT2D eigenvalue weighted by Crippen LogP contribution is -2.30. The van der Waals surface area contributed by atoms with Crippen molar-refractivity contribution < 1.29 is 4.74 Å². The molecule has 0 amide bonds. The molecule has 24 heavy (non-hydrogen) atoms. The molecule has 128 valence electrons. The SMILES string of the molecule is CN(C)CCCNC(=S)Nc1ccc(OCc2ccccc2)cc1. The molecule has 0 aromatic heterocycles. The van der Waals surface area contributed by atoms with Gasteiger partial charge in [-0.2, -0.15) is 0 Å².